The summed E-state index contributed by atoms with van der Waals surface area (Å²) in [6.45, 7) is 0. The maximum absolute atomic E-state index is 12.4. The first kappa shape index (κ1) is 13.0. The van der Waals surface area contributed by atoms with Crippen molar-refractivity contribution < 1.29 is 22.7 Å². The summed E-state index contributed by atoms with van der Waals surface area (Å²) in [7, 11) is 1.15. The predicted octanol–water partition coefficient (Wildman–Crippen LogP) is 1.87. The van der Waals surface area contributed by atoms with Gasteiger partial charge in [0.15, 0.2) is 0 Å². The minimum absolute atomic E-state index is 0.00484. The van der Waals surface area contributed by atoms with Crippen LogP contribution in [-0.2, 0) is 15.7 Å². The number of methoxy groups -OCH3 is 1. The van der Waals surface area contributed by atoms with Crippen LogP contribution in [0.15, 0.2) is 18.3 Å². The standard InChI is InChI=1S/C10H9F3N2O2/c1-17-8(16)3-2-6-4-7(10(11,12)13)5-15-9(6)14/h2-5H,1H3,(H2,14,15). The summed E-state index contributed by atoms with van der Waals surface area (Å²) in [4.78, 5) is 14.2. The molecule has 0 bridgehead atoms. The van der Waals surface area contributed by atoms with Crippen molar-refractivity contribution in [2.75, 3.05) is 12.8 Å². The number of anilines is 1. The van der Waals surface area contributed by atoms with Crippen molar-refractivity contribution in [3.63, 3.8) is 0 Å². The van der Waals surface area contributed by atoms with Gasteiger partial charge in [-0.05, 0) is 12.1 Å². The molecule has 0 amide bonds. The van der Waals surface area contributed by atoms with Crippen LogP contribution in [0.25, 0.3) is 6.08 Å². The molecular weight excluding hydrogens is 237 g/mol. The Morgan fingerprint density at radius 2 is 2.18 bits per heavy atom. The third-order valence-electron chi connectivity index (χ3n) is 1.88. The molecule has 0 aliphatic carbocycles. The summed E-state index contributed by atoms with van der Waals surface area (Å²) in [6.07, 6.45) is -1.80. The molecular formula is C10H9F3N2O2. The van der Waals surface area contributed by atoms with Crippen LogP contribution in [0.5, 0.6) is 0 Å². The Morgan fingerprint density at radius 1 is 1.53 bits per heavy atom. The van der Waals surface area contributed by atoms with Gasteiger partial charge in [-0.15, -0.1) is 0 Å². The SMILES string of the molecule is COC(=O)C=Cc1cc(C(F)(F)F)cnc1N. The van der Waals surface area contributed by atoms with Crippen molar-refractivity contribution >= 4 is 17.9 Å². The van der Waals surface area contributed by atoms with Crippen LogP contribution in [0.4, 0.5) is 19.0 Å². The molecule has 0 saturated heterocycles. The summed E-state index contributed by atoms with van der Waals surface area (Å²) in [6, 6.07) is 0.807. The van der Waals surface area contributed by atoms with Crippen LogP contribution < -0.4 is 5.73 Å². The average Bonchev–Trinajstić information content (AvgIpc) is 2.26. The molecule has 0 fully saturated rings. The molecule has 4 nitrogen and oxygen atoms in total. The van der Waals surface area contributed by atoms with Crippen LogP contribution in [0, 0.1) is 0 Å². The van der Waals surface area contributed by atoms with E-state index in [1.807, 2.05) is 0 Å². The fourth-order valence-electron chi connectivity index (χ4n) is 1.01. The molecule has 2 N–H and O–H groups in total. The fraction of sp³-hybridized carbons (Fsp3) is 0.200. The number of ether oxygens (including phenoxy) is 1. The highest BCUT2D eigenvalue weighted by atomic mass is 19.4. The number of nitrogen functional groups attached to an aromatic ring is 1. The zero-order valence-corrected chi connectivity index (χ0v) is 8.78. The van der Waals surface area contributed by atoms with Crippen molar-refractivity contribution in [1.29, 1.82) is 0 Å². The van der Waals surface area contributed by atoms with Gasteiger partial charge in [0, 0.05) is 17.8 Å². The van der Waals surface area contributed by atoms with E-state index in [9.17, 15) is 18.0 Å². The maximum atomic E-state index is 12.4. The lowest BCUT2D eigenvalue weighted by Gasteiger charge is -2.07. The molecule has 1 aromatic rings. The zero-order chi connectivity index (χ0) is 13.1. The van der Waals surface area contributed by atoms with E-state index in [-0.39, 0.29) is 11.4 Å². The van der Waals surface area contributed by atoms with Gasteiger partial charge in [0.1, 0.15) is 5.82 Å². The molecule has 0 aliphatic heterocycles. The molecule has 0 spiro atoms. The molecule has 1 heterocycles. The van der Waals surface area contributed by atoms with Crippen molar-refractivity contribution in [3.05, 3.63) is 29.5 Å². The summed E-state index contributed by atoms with van der Waals surface area (Å²) >= 11 is 0. The van der Waals surface area contributed by atoms with Gasteiger partial charge in [0.2, 0.25) is 0 Å². The number of carbonyl (C=O) groups is 1. The van der Waals surface area contributed by atoms with Crippen molar-refractivity contribution in [3.8, 4) is 0 Å². The fourth-order valence-corrected chi connectivity index (χ4v) is 1.01. The Balaban J connectivity index is 3.07. The van der Waals surface area contributed by atoms with E-state index in [2.05, 4.69) is 9.72 Å². The number of halogens is 3. The van der Waals surface area contributed by atoms with Gasteiger partial charge in [-0.25, -0.2) is 9.78 Å². The van der Waals surface area contributed by atoms with Gasteiger partial charge in [-0.2, -0.15) is 13.2 Å². The summed E-state index contributed by atoms with van der Waals surface area (Å²) in [5, 5.41) is 0. The van der Waals surface area contributed by atoms with E-state index in [0.29, 0.717) is 6.20 Å². The highest BCUT2D eigenvalue weighted by molar-refractivity contribution is 5.87. The number of aromatic nitrogens is 1. The molecule has 0 radical (unpaired) electrons. The first-order chi connectivity index (χ1) is 7.84. The number of rotatable bonds is 2. The number of alkyl halides is 3. The largest absolute Gasteiger partial charge is 0.466 e. The normalized spacial score (nSPS) is 11.8. The highest BCUT2D eigenvalue weighted by Crippen LogP contribution is 2.30. The number of hydrogen-bond acceptors (Lipinski definition) is 4. The minimum Gasteiger partial charge on any atom is -0.466 e. The predicted molar refractivity (Wildman–Crippen MR) is 54.7 cm³/mol. The molecule has 1 rings (SSSR count). The molecule has 92 valence electrons. The second-order valence-corrected chi connectivity index (χ2v) is 3.05. The van der Waals surface area contributed by atoms with Gasteiger partial charge in [0.05, 0.1) is 12.7 Å². The number of esters is 1. The lowest BCUT2D eigenvalue weighted by Crippen LogP contribution is -2.07. The second kappa shape index (κ2) is 4.86. The van der Waals surface area contributed by atoms with Crippen LogP contribution in [0.2, 0.25) is 0 Å². The Kier molecular flexibility index (Phi) is 3.72. The van der Waals surface area contributed by atoms with Crippen LogP contribution in [-0.4, -0.2) is 18.1 Å². The Morgan fingerprint density at radius 3 is 2.71 bits per heavy atom. The number of pyridine rings is 1. The Bertz CT molecular complexity index is 455. The summed E-state index contributed by atoms with van der Waals surface area (Å²) < 4.78 is 41.4. The lowest BCUT2D eigenvalue weighted by atomic mass is 10.1. The molecule has 7 heteroatoms. The van der Waals surface area contributed by atoms with Gasteiger partial charge < -0.3 is 10.5 Å². The number of nitrogens with two attached hydrogens (primary N) is 1. The van der Waals surface area contributed by atoms with Gasteiger partial charge >= 0.3 is 12.1 Å². The van der Waals surface area contributed by atoms with E-state index in [0.717, 1.165) is 25.3 Å². The molecule has 0 saturated carbocycles. The average molecular weight is 246 g/mol. The molecule has 0 atom stereocenters. The van der Waals surface area contributed by atoms with Crippen LogP contribution in [0.1, 0.15) is 11.1 Å². The number of nitrogens with zero attached hydrogens (tertiary/aromatic N) is 1. The van der Waals surface area contributed by atoms with Crippen LogP contribution >= 0.6 is 0 Å². The third kappa shape index (κ3) is 3.47. The van der Waals surface area contributed by atoms with Crippen molar-refractivity contribution in [2.45, 2.75) is 6.18 Å². The molecule has 0 aromatic carbocycles. The quantitative estimate of drug-likeness (QED) is 0.639. The second-order valence-electron chi connectivity index (χ2n) is 3.05. The van der Waals surface area contributed by atoms with Crippen molar-refractivity contribution in [2.24, 2.45) is 0 Å². The molecule has 1 aromatic heterocycles. The molecule has 0 unspecified atom stereocenters. The van der Waals surface area contributed by atoms with Crippen molar-refractivity contribution in [1.82, 2.24) is 4.98 Å². The lowest BCUT2D eigenvalue weighted by molar-refractivity contribution is -0.138. The van der Waals surface area contributed by atoms with Crippen LogP contribution in [0.3, 0.4) is 0 Å². The first-order valence-corrected chi connectivity index (χ1v) is 4.43. The molecule has 0 aliphatic rings. The van der Waals surface area contributed by atoms with E-state index >= 15 is 0 Å². The Hall–Kier alpha value is -2.05. The Labute approximate surface area is 94.9 Å². The topological polar surface area (TPSA) is 65.2 Å². The summed E-state index contributed by atoms with van der Waals surface area (Å²) in [5.41, 5.74) is 4.45. The minimum atomic E-state index is -4.51. The van der Waals surface area contributed by atoms with E-state index in [1.165, 1.54) is 0 Å². The monoisotopic (exact) mass is 246 g/mol. The first-order valence-electron chi connectivity index (χ1n) is 4.43. The smallest absolute Gasteiger partial charge is 0.417 e. The van der Waals surface area contributed by atoms with E-state index in [4.69, 9.17) is 5.73 Å². The summed E-state index contributed by atoms with van der Waals surface area (Å²) in [5.74, 6) is -0.792. The van der Waals surface area contributed by atoms with Gasteiger partial charge in [-0.3, -0.25) is 0 Å². The van der Waals surface area contributed by atoms with Gasteiger partial charge in [0.25, 0.3) is 0 Å². The number of hydrogen-bond donors (Lipinski definition) is 1. The zero-order valence-electron chi connectivity index (χ0n) is 8.78. The maximum Gasteiger partial charge on any atom is 0.417 e. The third-order valence-corrected chi connectivity index (χ3v) is 1.88. The molecule has 17 heavy (non-hydrogen) atoms. The van der Waals surface area contributed by atoms with Gasteiger partial charge in [-0.1, -0.05) is 0 Å². The van der Waals surface area contributed by atoms with E-state index < -0.39 is 17.7 Å². The number of carbonyl (C=O) groups excluding carboxylic acids is 1. The highest BCUT2D eigenvalue weighted by Gasteiger charge is 2.31. The van der Waals surface area contributed by atoms with E-state index in [1.54, 1.807) is 0 Å².